The first kappa shape index (κ1) is 12.0. The van der Waals surface area contributed by atoms with E-state index in [2.05, 4.69) is 12.2 Å². The lowest BCUT2D eigenvalue weighted by molar-refractivity contribution is -0.385. The first-order valence-corrected chi connectivity index (χ1v) is 5.74. The van der Waals surface area contributed by atoms with Crippen molar-refractivity contribution < 1.29 is 9.66 Å². The summed E-state index contributed by atoms with van der Waals surface area (Å²) < 4.78 is 5.64. The predicted octanol–water partition coefficient (Wildman–Crippen LogP) is 1.51. The minimum absolute atomic E-state index is 0.0206. The van der Waals surface area contributed by atoms with Crippen LogP contribution in [0.4, 0.5) is 5.69 Å². The highest BCUT2D eigenvalue weighted by molar-refractivity contribution is 5.40. The highest BCUT2D eigenvalue weighted by Crippen LogP contribution is 2.20. The molecule has 2 rings (SSSR count). The van der Waals surface area contributed by atoms with Crippen molar-refractivity contribution in [1.29, 1.82) is 0 Å². The van der Waals surface area contributed by atoms with Crippen LogP contribution in [-0.2, 0) is 11.2 Å². The van der Waals surface area contributed by atoms with Gasteiger partial charge in [0.15, 0.2) is 0 Å². The molecule has 1 aliphatic heterocycles. The summed E-state index contributed by atoms with van der Waals surface area (Å²) >= 11 is 0. The zero-order chi connectivity index (χ0) is 12.3. The third kappa shape index (κ3) is 3.01. The SMILES string of the molecule is CC1COC(Cc2ccccc2[N+](=O)[O-])CN1. The zero-order valence-electron chi connectivity index (χ0n) is 9.76. The van der Waals surface area contributed by atoms with Gasteiger partial charge in [0.05, 0.1) is 17.6 Å². The Morgan fingerprint density at radius 2 is 2.29 bits per heavy atom. The Bertz CT molecular complexity index is 400. The van der Waals surface area contributed by atoms with E-state index < -0.39 is 0 Å². The van der Waals surface area contributed by atoms with Crippen molar-refractivity contribution in [2.75, 3.05) is 13.2 Å². The Balaban J connectivity index is 2.05. The van der Waals surface area contributed by atoms with Gasteiger partial charge in [-0.3, -0.25) is 10.1 Å². The molecule has 0 amide bonds. The van der Waals surface area contributed by atoms with Crippen LogP contribution >= 0.6 is 0 Å². The van der Waals surface area contributed by atoms with Gasteiger partial charge in [-0.15, -0.1) is 0 Å². The molecule has 0 aromatic heterocycles. The quantitative estimate of drug-likeness (QED) is 0.638. The molecule has 0 spiro atoms. The largest absolute Gasteiger partial charge is 0.375 e. The van der Waals surface area contributed by atoms with Crippen molar-refractivity contribution in [1.82, 2.24) is 5.32 Å². The highest BCUT2D eigenvalue weighted by Gasteiger charge is 2.21. The molecule has 1 fully saturated rings. The molecule has 0 bridgehead atoms. The number of ether oxygens (including phenoxy) is 1. The molecule has 2 atom stereocenters. The van der Waals surface area contributed by atoms with E-state index in [9.17, 15) is 10.1 Å². The Morgan fingerprint density at radius 1 is 1.53 bits per heavy atom. The van der Waals surface area contributed by atoms with Gasteiger partial charge in [-0.05, 0) is 6.92 Å². The van der Waals surface area contributed by atoms with Crippen LogP contribution in [0, 0.1) is 10.1 Å². The molecule has 0 saturated carbocycles. The van der Waals surface area contributed by atoms with Gasteiger partial charge in [0, 0.05) is 30.6 Å². The van der Waals surface area contributed by atoms with E-state index in [1.807, 2.05) is 6.07 Å². The molecule has 2 unspecified atom stereocenters. The van der Waals surface area contributed by atoms with E-state index in [4.69, 9.17) is 4.74 Å². The Kier molecular flexibility index (Phi) is 3.71. The number of morpholine rings is 1. The van der Waals surface area contributed by atoms with E-state index in [1.54, 1.807) is 12.1 Å². The van der Waals surface area contributed by atoms with Gasteiger partial charge in [0.2, 0.25) is 0 Å². The van der Waals surface area contributed by atoms with Crippen LogP contribution in [0.1, 0.15) is 12.5 Å². The van der Waals surface area contributed by atoms with E-state index in [-0.39, 0.29) is 16.7 Å². The van der Waals surface area contributed by atoms with Gasteiger partial charge in [0.1, 0.15) is 0 Å². The lowest BCUT2D eigenvalue weighted by Crippen LogP contribution is -2.45. The molecular formula is C12H16N2O3. The van der Waals surface area contributed by atoms with Crippen LogP contribution in [0.15, 0.2) is 24.3 Å². The Morgan fingerprint density at radius 3 is 2.94 bits per heavy atom. The number of hydrogen-bond donors (Lipinski definition) is 1. The molecule has 1 aromatic rings. The van der Waals surface area contributed by atoms with Crippen LogP contribution in [0.5, 0.6) is 0 Å². The van der Waals surface area contributed by atoms with Crippen LogP contribution in [-0.4, -0.2) is 30.2 Å². The first-order chi connectivity index (χ1) is 8.16. The van der Waals surface area contributed by atoms with Gasteiger partial charge in [-0.25, -0.2) is 0 Å². The van der Waals surface area contributed by atoms with Crippen LogP contribution < -0.4 is 5.32 Å². The fourth-order valence-electron chi connectivity index (χ4n) is 1.97. The third-order valence-electron chi connectivity index (χ3n) is 2.91. The van der Waals surface area contributed by atoms with Crippen molar-refractivity contribution in [2.24, 2.45) is 0 Å². The average Bonchev–Trinajstić information content (AvgIpc) is 2.32. The molecule has 0 radical (unpaired) electrons. The van der Waals surface area contributed by atoms with Crippen LogP contribution in [0.25, 0.3) is 0 Å². The third-order valence-corrected chi connectivity index (χ3v) is 2.91. The maximum absolute atomic E-state index is 10.9. The topological polar surface area (TPSA) is 64.4 Å². The second-order valence-corrected chi connectivity index (χ2v) is 4.35. The molecule has 0 aliphatic carbocycles. The van der Waals surface area contributed by atoms with E-state index in [1.165, 1.54) is 6.07 Å². The fraction of sp³-hybridized carbons (Fsp3) is 0.500. The smallest absolute Gasteiger partial charge is 0.272 e. The molecular weight excluding hydrogens is 220 g/mol. The monoisotopic (exact) mass is 236 g/mol. The van der Waals surface area contributed by atoms with Gasteiger partial charge in [-0.2, -0.15) is 0 Å². The number of nitro groups is 1. The standard InChI is InChI=1S/C12H16N2O3/c1-9-8-17-11(7-13-9)6-10-4-2-3-5-12(10)14(15)16/h2-5,9,11,13H,6-8H2,1H3. The van der Waals surface area contributed by atoms with Crippen molar-refractivity contribution in [3.63, 3.8) is 0 Å². The maximum Gasteiger partial charge on any atom is 0.272 e. The summed E-state index contributed by atoms with van der Waals surface area (Å²) in [5.74, 6) is 0. The van der Waals surface area contributed by atoms with Gasteiger partial charge in [-0.1, -0.05) is 18.2 Å². The Hall–Kier alpha value is -1.46. The molecule has 92 valence electrons. The number of benzene rings is 1. The maximum atomic E-state index is 10.9. The molecule has 1 aromatic carbocycles. The Labute approximate surface area is 99.9 Å². The minimum Gasteiger partial charge on any atom is -0.375 e. The molecule has 1 heterocycles. The molecule has 5 heteroatoms. The normalized spacial score (nSPS) is 24.5. The van der Waals surface area contributed by atoms with Crippen molar-refractivity contribution in [3.05, 3.63) is 39.9 Å². The second-order valence-electron chi connectivity index (χ2n) is 4.35. The number of nitrogens with one attached hydrogen (secondary N) is 1. The lowest BCUT2D eigenvalue weighted by atomic mass is 10.0. The van der Waals surface area contributed by atoms with Crippen molar-refractivity contribution in [3.8, 4) is 0 Å². The molecule has 17 heavy (non-hydrogen) atoms. The van der Waals surface area contributed by atoms with Crippen molar-refractivity contribution in [2.45, 2.75) is 25.5 Å². The molecule has 1 aliphatic rings. The predicted molar refractivity (Wildman–Crippen MR) is 64.0 cm³/mol. The molecule has 1 saturated heterocycles. The van der Waals surface area contributed by atoms with Gasteiger partial charge in [0.25, 0.3) is 5.69 Å². The summed E-state index contributed by atoms with van der Waals surface area (Å²) in [6.45, 7) is 3.46. The van der Waals surface area contributed by atoms with Gasteiger partial charge < -0.3 is 10.1 Å². The average molecular weight is 236 g/mol. The second kappa shape index (κ2) is 5.25. The molecule has 1 N–H and O–H groups in total. The number of nitro benzene ring substituents is 1. The van der Waals surface area contributed by atoms with E-state index in [0.29, 0.717) is 19.1 Å². The first-order valence-electron chi connectivity index (χ1n) is 5.74. The molecule has 5 nitrogen and oxygen atoms in total. The van der Waals surface area contributed by atoms with E-state index >= 15 is 0 Å². The minimum atomic E-state index is -0.339. The van der Waals surface area contributed by atoms with Crippen LogP contribution in [0.2, 0.25) is 0 Å². The van der Waals surface area contributed by atoms with Crippen LogP contribution in [0.3, 0.4) is 0 Å². The van der Waals surface area contributed by atoms with Gasteiger partial charge >= 0.3 is 0 Å². The fourth-order valence-corrected chi connectivity index (χ4v) is 1.97. The number of rotatable bonds is 3. The number of hydrogen-bond acceptors (Lipinski definition) is 4. The summed E-state index contributed by atoms with van der Waals surface area (Å²) in [4.78, 5) is 10.5. The number of nitrogens with zero attached hydrogens (tertiary/aromatic N) is 1. The van der Waals surface area contributed by atoms with Crippen molar-refractivity contribution >= 4 is 5.69 Å². The lowest BCUT2D eigenvalue weighted by Gasteiger charge is -2.28. The summed E-state index contributed by atoms with van der Waals surface area (Å²) in [5.41, 5.74) is 0.911. The summed E-state index contributed by atoms with van der Waals surface area (Å²) in [6.07, 6.45) is 0.601. The summed E-state index contributed by atoms with van der Waals surface area (Å²) in [5, 5.41) is 14.2. The summed E-state index contributed by atoms with van der Waals surface area (Å²) in [7, 11) is 0. The van der Waals surface area contributed by atoms with E-state index in [0.717, 1.165) is 12.1 Å². The summed E-state index contributed by atoms with van der Waals surface area (Å²) in [6, 6.07) is 7.19. The highest BCUT2D eigenvalue weighted by atomic mass is 16.6. The zero-order valence-corrected chi connectivity index (χ0v) is 9.76. The number of para-hydroxylation sites is 1.